The highest BCUT2D eigenvalue weighted by Crippen LogP contribution is 2.21. The average molecular weight is 531 g/mol. The molecule has 7 nitrogen and oxygen atoms in total. The van der Waals surface area contributed by atoms with E-state index in [1.807, 2.05) is 18.2 Å². The largest absolute Gasteiger partial charge is 0.462 e. The van der Waals surface area contributed by atoms with E-state index < -0.39 is 21.9 Å². The van der Waals surface area contributed by atoms with Crippen LogP contribution in [0.3, 0.4) is 0 Å². The molecule has 3 aromatic carbocycles. The highest BCUT2D eigenvalue weighted by molar-refractivity contribution is 9.10. The second kappa shape index (κ2) is 11.2. The molecule has 0 aliphatic heterocycles. The Labute approximate surface area is 201 Å². The van der Waals surface area contributed by atoms with Gasteiger partial charge in [-0.15, -0.1) is 0 Å². The third-order valence-electron chi connectivity index (χ3n) is 4.65. The SMILES string of the molecule is CCOC(=O)c1ccc(NC(=O)CN(Cc2ccccc2)S(=O)(=O)c2ccc(Br)cc2)cc1. The van der Waals surface area contributed by atoms with E-state index in [2.05, 4.69) is 21.2 Å². The number of ether oxygens (including phenoxy) is 1. The zero-order chi connectivity index (χ0) is 23.8. The lowest BCUT2D eigenvalue weighted by molar-refractivity contribution is -0.116. The zero-order valence-electron chi connectivity index (χ0n) is 17.9. The maximum absolute atomic E-state index is 13.3. The van der Waals surface area contributed by atoms with E-state index in [1.165, 1.54) is 24.3 Å². The predicted octanol–water partition coefficient (Wildman–Crippen LogP) is 4.46. The molecule has 33 heavy (non-hydrogen) atoms. The molecule has 0 saturated heterocycles. The first-order valence-electron chi connectivity index (χ1n) is 10.2. The van der Waals surface area contributed by atoms with E-state index in [4.69, 9.17) is 4.74 Å². The number of hydrogen-bond donors (Lipinski definition) is 1. The summed E-state index contributed by atoms with van der Waals surface area (Å²) in [6.07, 6.45) is 0. The monoisotopic (exact) mass is 530 g/mol. The van der Waals surface area contributed by atoms with Gasteiger partial charge >= 0.3 is 5.97 Å². The summed E-state index contributed by atoms with van der Waals surface area (Å²) in [6, 6.07) is 21.5. The lowest BCUT2D eigenvalue weighted by Crippen LogP contribution is -2.37. The van der Waals surface area contributed by atoms with Gasteiger partial charge in [0.2, 0.25) is 15.9 Å². The van der Waals surface area contributed by atoms with Crippen molar-refractivity contribution in [1.29, 1.82) is 0 Å². The van der Waals surface area contributed by atoms with Crippen molar-refractivity contribution in [2.24, 2.45) is 0 Å². The summed E-state index contributed by atoms with van der Waals surface area (Å²) in [5.41, 5.74) is 1.55. The van der Waals surface area contributed by atoms with E-state index in [-0.39, 0.29) is 24.6 Å². The molecule has 1 amide bonds. The Kier molecular flexibility index (Phi) is 8.37. The van der Waals surface area contributed by atoms with Crippen LogP contribution in [0.15, 0.2) is 88.2 Å². The van der Waals surface area contributed by atoms with Crippen molar-refractivity contribution in [2.75, 3.05) is 18.5 Å². The molecule has 0 aromatic heterocycles. The molecule has 9 heteroatoms. The van der Waals surface area contributed by atoms with Gasteiger partial charge in [0.1, 0.15) is 0 Å². The van der Waals surface area contributed by atoms with Crippen molar-refractivity contribution in [3.05, 3.63) is 94.5 Å². The molecule has 0 unspecified atom stereocenters. The number of hydrogen-bond acceptors (Lipinski definition) is 5. The summed E-state index contributed by atoms with van der Waals surface area (Å²) in [5.74, 6) is -0.958. The molecular weight excluding hydrogens is 508 g/mol. The molecule has 3 aromatic rings. The van der Waals surface area contributed by atoms with Crippen LogP contribution >= 0.6 is 15.9 Å². The van der Waals surface area contributed by atoms with Crippen molar-refractivity contribution in [3.8, 4) is 0 Å². The van der Waals surface area contributed by atoms with Crippen LogP contribution in [-0.2, 0) is 26.1 Å². The molecular formula is C24H23BrN2O5S. The van der Waals surface area contributed by atoms with Gasteiger partial charge in [0.05, 0.1) is 23.6 Å². The maximum Gasteiger partial charge on any atom is 0.338 e. The van der Waals surface area contributed by atoms with Gasteiger partial charge in [0, 0.05) is 16.7 Å². The number of amides is 1. The molecule has 0 radical (unpaired) electrons. The molecule has 0 atom stereocenters. The summed E-state index contributed by atoms with van der Waals surface area (Å²) in [7, 11) is -3.94. The van der Waals surface area contributed by atoms with Gasteiger partial charge in [0.15, 0.2) is 0 Å². The van der Waals surface area contributed by atoms with Crippen molar-refractivity contribution in [1.82, 2.24) is 4.31 Å². The second-order valence-electron chi connectivity index (χ2n) is 7.06. The Bertz CT molecular complexity index is 1200. The fourth-order valence-electron chi connectivity index (χ4n) is 3.03. The van der Waals surface area contributed by atoms with Crippen LogP contribution in [0, 0.1) is 0 Å². The van der Waals surface area contributed by atoms with E-state index in [1.54, 1.807) is 43.3 Å². The molecule has 0 aliphatic carbocycles. The van der Waals surface area contributed by atoms with Crippen LogP contribution in [0.5, 0.6) is 0 Å². The van der Waals surface area contributed by atoms with E-state index in [0.29, 0.717) is 11.3 Å². The van der Waals surface area contributed by atoms with Gasteiger partial charge < -0.3 is 10.1 Å². The van der Waals surface area contributed by atoms with E-state index in [0.717, 1.165) is 14.3 Å². The number of nitrogens with zero attached hydrogens (tertiary/aromatic N) is 1. The minimum Gasteiger partial charge on any atom is -0.462 e. The number of benzene rings is 3. The smallest absolute Gasteiger partial charge is 0.338 e. The van der Waals surface area contributed by atoms with Gasteiger partial charge in [0.25, 0.3) is 0 Å². The fraction of sp³-hybridized carbons (Fsp3) is 0.167. The molecule has 0 saturated carbocycles. The summed E-state index contributed by atoms with van der Waals surface area (Å²) in [6.45, 7) is 1.64. The van der Waals surface area contributed by atoms with Crippen molar-refractivity contribution >= 4 is 43.5 Å². The van der Waals surface area contributed by atoms with Crippen molar-refractivity contribution in [2.45, 2.75) is 18.4 Å². The van der Waals surface area contributed by atoms with Crippen LogP contribution in [0.4, 0.5) is 5.69 Å². The number of esters is 1. The topological polar surface area (TPSA) is 92.8 Å². The molecule has 0 bridgehead atoms. The van der Waals surface area contributed by atoms with Crippen LogP contribution < -0.4 is 5.32 Å². The van der Waals surface area contributed by atoms with E-state index in [9.17, 15) is 18.0 Å². The van der Waals surface area contributed by atoms with E-state index >= 15 is 0 Å². The molecule has 0 heterocycles. The first-order valence-corrected chi connectivity index (χ1v) is 12.4. The summed E-state index contributed by atoms with van der Waals surface area (Å²) >= 11 is 3.30. The molecule has 0 fully saturated rings. The lowest BCUT2D eigenvalue weighted by Gasteiger charge is -2.22. The number of anilines is 1. The van der Waals surface area contributed by atoms with Gasteiger partial charge in [-0.05, 0) is 61.0 Å². The molecule has 0 spiro atoms. The number of rotatable bonds is 9. The Morgan fingerprint density at radius 1 is 0.939 bits per heavy atom. The highest BCUT2D eigenvalue weighted by atomic mass is 79.9. The Morgan fingerprint density at radius 3 is 2.18 bits per heavy atom. The van der Waals surface area contributed by atoms with Crippen LogP contribution in [-0.4, -0.2) is 37.8 Å². The van der Waals surface area contributed by atoms with Crippen molar-refractivity contribution in [3.63, 3.8) is 0 Å². The fourth-order valence-corrected chi connectivity index (χ4v) is 4.68. The molecule has 172 valence electrons. The first-order chi connectivity index (χ1) is 15.8. The molecule has 3 rings (SSSR count). The third-order valence-corrected chi connectivity index (χ3v) is 6.99. The molecule has 0 aliphatic rings. The highest BCUT2D eigenvalue weighted by Gasteiger charge is 2.27. The number of carbonyl (C=O) groups excluding carboxylic acids is 2. The third kappa shape index (κ3) is 6.74. The molecule has 1 N–H and O–H groups in total. The standard InChI is InChI=1S/C24H23BrN2O5S/c1-2-32-24(29)19-8-12-21(13-9-19)26-23(28)17-27(16-18-6-4-3-5-7-18)33(30,31)22-14-10-20(25)11-15-22/h3-15H,2,16-17H2,1H3,(H,26,28). The number of halogens is 1. The number of nitrogens with one attached hydrogen (secondary N) is 1. The summed E-state index contributed by atoms with van der Waals surface area (Å²) in [4.78, 5) is 24.6. The number of carbonyl (C=O) groups is 2. The Balaban J connectivity index is 1.78. The van der Waals surface area contributed by atoms with Gasteiger partial charge in [-0.2, -0.15) is 4.31 Å². The Hall–Kier alpha value is -3.01. The quantitative estimate of drug-likeness (QED) is 0.412. The Morgan fingerprint density at radius 2 is 1.58 bits per heavy atom. The van der Waals surface area contributed by atoms with Gasteiger partial charge in [-0.3, -0.25) is 4.79 Å². The van der Waals surface area contributed by atoms with Crippen LogP contribution in [0.2, 0.25) is 0 Å². The minimum absolute atomic E-state index is 0.0362. The predicted molar refractivity (Wildman–Crippen MR) is 129 cm³/mol. The van der Waals surface area contributed by atoms with Gasteiger partial charge in [-0.25, -0.2) is 13.2 Å². The minimum atomic E-state index is -3.94. The average Bonchev–Trinajstić information content (AvgIpc) is 2.80. The second-order valence-corrected chi connectivity index (χ2v) is 9.91. The first kappa shape index (κ1) is 24.6. The zero-order valence-corrected chi connectivity index (χ0v) is 20.3. The number of sulfonamides is 1. The van der Waals surface area contributed by atoms with Gasteiger partial charge in [-0.1, -0.05) is 46.3 Å². The van der Waals surface area contributed by atoms with Crippen molar-refractivity contribution < 1.29 is 22.7 Å². The van der Waals surface area contributed by atoms with Crippen LogP contribution in [0.25, 0.3) is 0 Å². The summed E-state index contributed by atoms with van der Waals surface area (Å²) in [5, 5.41) is 2.68. The maximum atomic E-state index is 13.3. The lowest BCUT2D eigenvalue weighted by atomic mass is 10.2. The normalized spacial score (nSPS) is 11.2. The van der Waals surface area contributed by atoms with Crippen LogP contribution in [0.1, 0.15) is 22.8 Å². The summed E-state index contributed by atoms with van der Waals surface area (Å²) < 4.78 is 33.4.